The first-order chi connectivity index (χ1) is 9.74. The zero-order valence-electron chi connectivity index (χ0n) is 11.3. The summed E-state index contributed by atoms with van der Waals surface area (Å²) in [7, 11) is 0. The average Bonchev–Trinajstić information content (AvgIpc) is 3.31. The molecule has 0 spiro atoms. The molecule has 3 rings (SSSR count). The summed E-state index contributed by atoms with van der Waals surface area (Å²) in [5, 5.41) is 0. The fraction of sp³-hybridized carbons (Fsp3) is 0.294. The molecule has 2 N–H and O–H groups in total. The van der Waals surface area contributed by atoms with Crippen molar-refractivity contribution in [1.82, 2.24) is 0 Å². The summed E-state index contributed by atoms with van der Waals surface area (Å²) in [6, 6.07) is 14.4. The number of rotatable bonds is 5. The van der Waals surface area contributed by atoms with Crippen LogP contribution in [0.5, 0.6) is 5.75 Å². The highest BCUT2D eigenvalue weighted by molar-refractivity contribution is 5.37. The van der Waals surface area contributed by atoms with Crippen LogP contribution in [0, 0.1) is 11.7 Å². The molecule has 2 aromatic rings. The summed E-state index contributed by atoms with van der Waals surface area (Å²) in [5.41, 5.74) is 8.06. The topological polar surface area (TPSA) is 35.2 Å². The molecule has 2 aromatic carbocycles. The zero-order chi connectivity index (χ0) is 13.9. The van der Waals surface area contributed by atoms with Crippen molar-refractivity contribution in [2.45, 2.75) is 25.5 Å². The summed E-state index contributed by atoms with van der Waals surface area (Å²) < 4.78 is 19.3. The van der Waals surface area contributed by atoms with E-state index < -0.39 is 0 Å². The largest absolute Gasteiger partial charge is 0.489 e. The SMILES string of the molecule is NC(c1cc(F)ccc1OCc1ccccc1)C1CC1. The van der Waals surface area contributed by atoms with E-state index in [2.05, 4.69) is 0 Å². The van der Waals surface area contributed by atoms with Gasteiger partial charge in [0.2, 0.25) is 0 Å². The van der Waals surface area contributed by atoms with Gasteiger partial charge < -0.3 is 10.5 Å². The van der Waals surface area contributed by atoms with Crippen LogP contribution in [0.25, 0.3) is 0 Å². The lowest BCUT2D eigenvalue weighted by Crippen LogP contribution is -2.14. The van der Waals surface area contributed by atoms with Crippen molar-refractivity contribution in [1.29, 1.82) is 0 Å². The first-order valence-corrected chi connectivity index (χ1v) is 6.96. The van der Waals surface area contributed by atoms with Gasteiger partial charge >= 0.3 is 0 Å². The monoisotopic (exact) mass is 271 g/mol. The third-order valence-electron chi connectivity index (χ3n) is 3.70. The highest BCUT2D eigenvalue weighted by atomic mass is 19.1. The number of benzene rings is 2. The van der Waals surface area contributed by atoms with Crippen LogP contribution in [0.2, 0.25) is 0 Å². The van der Waals surface area contributed by atoms with Crippen LogP contribution in [-0.2, 0) is 6.61 Å². The van der Waals surface area contributed by atoms with E-state index in [0.29, 0.717) is 18.3 Å². The number of hydrogen-bond donors (Lipinski definition) is 1. The quantitative estimate of drug-likeness (QED) is 0.897. The van der Waals surface area contributed by atoms with Gasteiger partial charge in [-0.15, -0.1) is 0 Å². The lowest BCUT2D eigenvalue weighted by atomic mass is 10.0. The standard InChI is InChI=1S/C17H18FNO/c18-14-8-9-16(15(10-14)17(19)13-6-7-13)20-11-12-4-2-1-3-5-12/h1-5,8-10,13,17H,6-7,11,19H2. The van der Waals surface area contributed by atoms with E-state index in [9.17, 15) is 4.39 Å². The minimum absolute atomic E-state index is 0.128. The van der Waals surface area contributed by atoms with Gasteiger partial charge in [-0.2, -0.15) is 0 Å². The molecule has 20 heavy (non-hydrogen) atoms. The second kappa shape index (κ2) is 5.63. The van der Waals surface area contributed by atoms with Gasteiger partial charge in [0.1, 0.15) is 18.2 Å². The summed E-state index contributed by atoms with van der Waals surface area (Å²) in [6.07, 6.45) is 2.24. The zero-order valence-corrected chi connectivity index (χ0v) is 11.3. The molecule has 1 aliphatic carbocycles. The minimum Gasteiger partial charge on any atom is -0.489 e. The van der Waals surface area contributed by atoms with E-state index in [1.165, 1.54) is 12.1 Å². The Morgan fingerprint density at radius 2 is 1.90 bits per heavy atom. The van der Waals surface area contributed by atoms with Crippen molar-refractivity contribution in [2.24, 2.45) is 11.7 Å². The highest BCUT2D eigenvalue weighted by Crippen LogP contribution is 2.42. The highest BCUT2D eigenvalue weighted by Gasteiger charge is 2.31. The Kier molecular flexibility index (Phi) is 3.70. The smallest absolute Gasteiger partial charge is 0.124 e. The Bertz CT molecular complexity index is 581. The Morgan fingerprint density at radius 3 is 2.60 bits per heavy atom. The van der Waals surface area contributed by atoms with Crippen molar-refractivity contribution in [3.8, 4) is 5.75 Å². The predicted octanol–water partition coefficient (Wildman–Crippen LogP) is 3.81. The molecule has 2 nitrogen and oxygen atoms in total. The van der Waals surface area contributed by atoms with Crippen LogP contribution < -0.4 is 10.5 Å². The Morgan fingerprint density at radius 1 is 1.15 bits per heavy atom. The van der Waals surface area contributed by atoms with Gasteiger partial charge in [0.25, 0.3) is 0 Å². The molecule has 1 atom stereocenters. The normalized spacial score (nSPS) is 15.9. The Balaban J connectivity index is 1.78. The van der Waals surface area contributed by atoms with Crippen LogP contribution >= 0.6 is 0 Å². The number of nitrogens with two attached hydrogens (primary N) is 1. The summed E-state index contributed by atoms with van der Waals surface area (Å²) in [6.45, 7) is 0.469. The average molecular weight is 271 g/mol. The van der Waals surface area contributed by atoms with Crippen molar-refractivity contribution in [3.63, 3.8) is 0 Å². The molecule has 0 aliphatic heterocycles. The summed E-state index contributed by atoms with van der Waals surface area (Å²) in [4.78, 5) is 0. The van der Waals surface area contributed by atoms with Gasteiger partial charge in [-0.05, 0) is 42.5 Å². The lowest BCUT2D eigenvalue weighted by molar-refractivity contribution is 0.299. The van der Waals surface area contributed by atoms with E-state index in [1.807, 2.05) is 30.3 Å². The van der Waals surface area contributed by atoms with Gasteiger partial charge in [-0.3, -0.25) is 0 Å². The first kappa shape index (κ1) is 13.1. The molecule has 3 heteroatoms. The molecule has 0 saturated heterocycles. The molecule has 0 heterocycles. The molecule has 1 aliphatic rings. The van der Waals surface area contributed by atoms with Crippen LogP contribution in [0.15, 0.2) is 48.5 Å². The summed E-state index contributed by atoms with van der Waals surface area (Å²) in [5.74, 6) is 0.897. The molecule has 0 aromatic heterocycles. The van der Waals surface area contributed by atoms with E-state index in [-0.39, 0.29) is 11.9 Å². The molecule has 0 bridgehead atoms. The lowest BCUT2D eigenvalue weighted by Gasteiger charge is -2.17. The van der Waals surface area contributed by atoms with Crippen molar-refractivity contribution in [2.75, 3.05) is 0 Å². The van der Waals surface area contributed by atoms with E-state index in [0.717, 1.165) is 24.0 Å². The van der Waals surface area contributed by atoms with E-state index in [1.54, 1.807) is 6.07 Å². The predicted molar refractivity (Wildman–Crippen MR) is 76.8 cm³/mol. The van der Waals surface area contributed by atoms with Crippen LogP contribution in [0.3, 0.4) is 0 Å². The molecule has 1 fully saturated rings. The maximum absolute atomic E-state index is 13.4. The number of halogens is 1. The first-order valence-electron chi connectivity index (χ1n) is 6.96. The van der Waals surface area contributed by atoms with Crippen LogP contribution in [0.4, 0.5) is 4.39 Å². The molecule has 0 amide bonds. The molecule has 1 unspecified atom stereocenters. The molecular formula is C17H18FNO. The second-order valence-electron chi connectivity index (χ2n) is 5.32. The molecular weight excluding hydrogens is 253 g/mol. The third-order valence-corrected chi connectivity index (χ3v) is 3.70. The number of ether oxygens (including phenoxy) is 1. The van der Waals surface area contributed by atoms with Crippen LogP contribution in [-0.4, -0.2) is 0 Å². The van der Waals surface area contributed by atoms with Gasteiger partial charge in [0.15, 0.2) is 0 Å². The third kappa shape index (κ3) is 2.99. The molecule has 1 saturated carbocycles. The number of hydrogen-bond acceptors (Lipinski definition) is 2. The fourth-order valence-electron chi connectivity index (χ4n) is 2.36. The Labute approximate surface area is 118 Å². The molecule has 0 radical (unpaired) electrons. The maximum atomic E-state index is 13.4. The van der Waals surface area contributed by atoms with Crippen molar-refractivity contribution in [3.05, 3.63) is 65.5 Å². The van der Waals surface area contributed by atoms with Crippen molar-refractivity contribution < 1.29 is 9.13 Å². The van der Waals surface area contributed by atoms with Gasteiger partial charge in [0.05, 0.1) is 0 Å². The Hall–Kier alpha value is -1.87. The van der Waals surface area contributed by atoms with Crippen LogP contribution in [0.1, 0.15) is 30.0 Å². The fourth-order valence-corrected chi connectivity index (χ4v) is 2.36. The van der Waals surface area contributed by atoms with E-state index >= 15 is 0 Å². The maximum Gasteiger partial charge on any atom is 0.124 e. The minimum atomic E-state index is -0.261. The van der Waals surface area contributed by atoms with Gasteiger partial charge in [-0.1, -0.05) is 30.3 Å². The van der Waals surface area contributed by atoms with E-state index in [4.69, 9.17) is 10.5 Å². The van der Waals surface area contributed by atoms with Gasteiger partial charge in [-0.25, -0.2) is 4.39 Å². The summed E-state index contributed by atoms with van der Waals surface area (Å²) >= 11 is 0. The van der Waals surface area contributed by atoms with Crippen molar-refractivity contribution >= 4 is 0 Å². The molecule has 104 valence electrons. The van der Waals surface area contributed by atoms with Gasteiger partial charge in [0, 0.05) is 11.6 Å². The second-order valence-corrected chi connectivity index (χ2v) is 5.32.